The molecule has 0 heterocycles. The first kappa shape index (κ1) is 24.8. The van der Waals surface area contributed by atoms with Crippen LogP contribution in [0, 0.1) is 0 Å². The second-order valence-electron chi connectivity index (χ2n) is 4.28. The highest BCUT2D eigenvalue weighted by atomic mass is 16.4. The molecule has 0 atom stereocenters. The van der Waals surface area contributed by atoms with Crippen LogP contribution in [0.25, 0.3) is 0 Å². The van der Waals surface area contributed by atoms with Crippen LogP contribution in [-0.2, 0) is 9.59 Å². The first-order valence-corrected chi connectivity index (χ1v) is 7.32. The lowest BCUT2D eigenvalue weighted by Crippen LogP contribution is -2.24. The molecule has 0 aromatic rings. The van der Waals surface area contributed by atoms with E-state index in [1.165, 1.54) is 19.4 Å². The van der Waals surface area contributed by atoms with Gasteiger partial charge < -0.3 is 21.3 Å². The molecule has 0 aliphatic rings. The van der Waals surface area contributed by atoms with Crippen LogP contribution in [0.5, 0.6) is 0 Å². The van der Waals surface area contributed by atoms with E-state index in [1.54, 1.807) is 0 Å². The Labute approximate surface area is 128 Å². The van der Waals surface area contributed by atoms with Crippen molar-refractivity contribution in [3.05, 3.63) is 12.7 Å². The van der Waals surface area contributed by atoms with E-state index < -0.39 is 5.97 Å². The number of unbranched alkanes of at least 4 members (excludes halogenated alkanes) is 3. The number of aliphatic hydroxyl groups excluding tert-OH is 1. The molecule has 0 aliphatic carbocycles. The summed E-state index contributed by atoms with van der Waals surface area (Å²) in [6.07, 6.45) is 5.83. The van der Waals surface area contributed by atoms with Crippen molar-refractivity contribution in [1.82, 2.24) is 5.32 Å². The van der Waals surface area contributed by atoms with E-state index in [9.17, 15) is 9.59 Å². The van der Waals surface area contributed by atoms with Crippen LogP contribution in [0.2, 0.25) is 0 Å². The zero-order valence-electron chi connectivity index (χ0n) is 13.4. The lowest BCUT2D eigenvalue weighted by molar-refractivity contribution is -0.137. The van der Waals surface area contributed by atoms with E-state index >= 15 is 0 Å². The first-order chi connectivity index (χ1) is 9.95. The van der Waals surface area contributed by atoms with Gasteiger partial charge in [-0.15, -0.1) is 0 Å². The molecule has 0 aromatic heterocycles. The molecule has 0 radical (unpaired) electrons. The zero-order chi connectivity index (χ0) is 16.9. The minimum Gasteiger partial charge on any atom is -0.481 e. The summed E-state index contributed by atoms with van der Waals surface area (Å²) in [5, 5.41) is 19.3. The summed E-state index contributed by atoms with van der Waals surface area (Å²) in [6.45, 7) is 9.06. The monoisotopic (exact) mass is 304 g/mol. The SMILES string of the molecule is C=CC(C)=O.CCCCCCC(=O)O.NCCNCCO. The summed E-state index contributed by atoms with van der Waals surface area (Å²) in [4.78, 5) is 19.7. The number of ketones is 1. The second-order valence-corrected chi connectivity index (χ2v) is 4.28. The highest BCUT2D eigenvalue weighted by Gasteiger charge is 1.93. The molecule has 126 valence electrons. The van der Waals surface area contributed by atoms with Crippen molar-refractivity contribution in [2.75, 3.05) is 26.2 Å². The Morgan fingerprint density at radius 3 is 2.14 bits per heavy atom. The Bertz CT molecular complexity index is 242. The van der Waals surface area contributed by atoms with Crippen molar-refractivity contribution in [3.63, 3.8) is 0 Å². The summed E-state index contributed by atoms with van der Waals surface area (Å²) in [5.74, 6) is -0.656. The number of carbonyl (C=O) groups is 2. The summed E-state index contributed by atoms with van der Waals surface area (Å²) in [7, 11) is 0. The fourth-order valence-electron chi connectivity index (χ4n) is 1.01. The summed E-state index contributed by atoms with van der Waals surface area (Å²) in [5.41, 5.74) is 5.13. The molecular formula is C15H32N2O4. The van der Waals surface area contributed by atoms with Gasteiger partial charge in [-0.1, -0.05) is 32.8 Å². The van der Waals surface area contributed by atoms with E-state index in [0.29, 0.717) is 19.5 Å². The standard InChI is InChI=1S/C7H14O2.C4H12N2O.C4H6O/c1-2-3-4-5-6-7(8)9;5-1-2-6-3-4-7;1-3-4(2)5/h2-6H2,1H3,(H,8,9);6-7H,1-5H2;3H,1H2,2H3. The Kier molecular flexibility index (Phi) is 28.1. The Hall–Kier alpha value is -1.24. The number of hydrogen-bond donors (Lipinski definition) is 4. The van der Waals surface area contributed by atoms with E-state index in [1.807, 2.05) is 0 Å². The molecule has 0 saturated heterocycles. The van der Waals surface area contributed by atoms with Crippen molar-refractivity contribution in [3.8, 4) is 0 Å². The molecular weight excluding hydrogens is 272 g/mol. The van der Waals surface area contributed by atoms with Gasteiger partial charge in [0.1, 0.15) is 0 Å². The average Bonchev–Trinajstić information content (AvgIpc) is 2.45. The van der Waals surface area contributed by atoms with Gasteiger partial charge >= 0.3 is 5.97 Å². The number of hydrogen-bond acceptors (Lipinski definition) is 5. The highest BCUT2D eigenvalue weighted by Crippen LogP contribution is 2.01. The minimum absolute atomic E-state index is 0.0185. The number of aliphatic carboxylic acids is 1. The molecule has 0 bridgehead atoms. The molecule has 0 unspecified atom stereocenters. The van der Waals surface area contributed by atoms with Crippen LogP contribution in [0.1, 0.15) is 46.0 Å². The first-order valence-electron chi connectivity index (χ1n) is 7.32. The van der Waals surface area contributed by atoms with Crippen LogP contribution in [0.3, 0.4) is 0 Å². The highest BCUT2D eigenvalue weighted by molar-refractivity contribution is 5.86. The summed E-state index contributed by atoms with van der Waals surface area (Å²) >= 11 is 0. The van der Waals surface area contributed by atoms with Gasteiger partial charge in [-0.05, 0) is 19.4 Å². The van der Waals surface area contributed by atoms with Gasteiger partial charge in [-0.3, -0.25) is 9.59 Å². The van der Waals surface area contributed by atoms with Crippen LogP contribution >= 0.6 is 0 Å². The third-order valence-corrected chi connectivity index (χ3v) is 2.14. The van der Waals surface area contributed by atoms with Gasteiger partial charge in [0.15, 0.2) is 5.78 Å². The lowest BCUT2D eigenvalue weighted by Gasteiger charge is -1.95. The topological polar surface area (TPSA) is 113 Å². The summed E-state index contributed by atoms with van der Waals surface area (Å²) in [6, 6.07) is 0. The number of carboxylic acids is 1. The molecule has 6 nitrogen and oxygen atoms in total. The van der Waals surface area contributed by atoms with Gasteiger partial charge in [0, 0.05) is 26.1 Å². The number of nitrogens with two attached hydrogens (primary N) is 1. The number of carbonyl (C=O) groups excluding carboxylic acids is 1. The third-order valence-electron chi connectivity index (χ3n) is 2.14. The quantitative estimate of drug-likeness (QED) is 0.358. The van der Waals surface area contributed by atoms with Crippen molar-refractivity contribution in [1.29, 1.82) is 0 Å². The maximum Gasteiger partial charge on any atom is 0.303 e. The normalized spacial score (nSPS) is 8.76. The molecule has 0 aliphatic heterocycles. The Morgan fingerprint density at radius 2 is 1.81 bits per heavy atom. The molecule has 0 saturated carbocycles. The van der Waals surface area contributed by atoms with Gasteiger partial charge in [-0.25, -0.2) is 0 Å². The van der Waals surface area contributed by atoms with Gasteiger partial charge in [-0.2, -0.15) is 0 Å². The van der Waals surface area contributed by atoms with Crippen molar-refractivity contribution in [2.24, 2.45) is 5.73 Å². The van der Waals surface area contributed by atoms with Gasteiger partial charge in [0.25, 0.3) is 0 Å². The number of rotatable bonds is 10. The van der Waals surface area contributed by atoms with Crippen LogP contribution in [0.15, 0.2) is 12.7 Å². The second kappa shape index (κ2) is 23.8. The van der Waals surface area contributed by atoms with Crippen molar-refractivity contribution in [2.45, 2.75) is 46.0 Å². The van der Waals surface area contributed by atoms with Crippen LogP contribution < -0.4 is 11.1 Å². The lowest BCUT2D eigenvalue weighted by atomic mass is 10.2. The average molecular weight is 304 g/mol. The fourth-order valence-corrected chi connectivity index (χ4v) is 1.01. The zero-order valence-corrected chi connectivity index (χ0v) is 13.4. The predicted octanol–water partition coefficient (Wildman–Crippen LogP) is 1.33. The molecule has 0 fully saturated rings. The predicted molar refractivity (Wildman–Crippen MR) is 86.3 cm³/mol. The largest absolute Gasteiger partial charge is 0.481 e. The third kappa shape index (κ3) is 45.5. The molecule has 0 spiro atoms. The summed E-state index contributed by atoms with van der Waals surface area (Å²) < 4.78 is 0. The van der Waals surface area contributed by atoms with Gasteiger partial charge in [0.2, 0.25) is 0 Å². The minimum atomic E-state index is -0.675. The van der Waals surface area contributed by atoms with Crippen molar-refractivity contribution < 1.29 is 19.8 Å². The smallest absolute Gasteiger partial charge is 0.303 e. The van der Waals surface area contributed by atoms with E-state index in [-0.39, 0.29) is 12.4 Å². The Morgan fingerprint density at radius 1 is 1.24 bits per heavy atom. The van der Waals surface area contributed by atoms with E-state index in [4.69, 9.17) is 15.9 Å². The maximum absolute atomic E-state index is 9.96. The van der Waals surface area contributed by atoms with Crippen LogP contribution in [0.4, 0.5) is 0 Å². The molecule has 0 rings (SSSR count). The van der Waals surface area contributed by atoms with Gasteiger partial charge in [0.05, 0.1) is 6.61 Å². The molecule has 0 aromatic carbocycles. The molecule has 21 heavy (non-hydrogen) atoms. The number of aliphatic hydroxyl groups is 1. The Balaban J connectivity index is -0.000000242. The van der Waals surface area contributed by atoms with Crippen molar-refractivity contribution >= 4 is 11.8 Å². The molecule has 6 heteroatoms. The maximum atomic E-state index is 9.96. The number of nitrogens with one attached hydrogen (secondary N) is 1. The van der Waals surface area contributed by atoms with Crippen LogP contribution in [-0.4, -0.2) is 48.2 Å². The number of allylic oxidation sites excluding steroid dienone is 1. The fraction of sp³-hybridized carbons (Fsp3) is 0.733. The van der Waals surface area contributed by atoms with E-state index in [0.717, 1.165) is 25.8 Å². The van der Waals surface area contributed by atoms with E-state index in [2.05, 4.69) is 18.8 Å². The molecule has 5 N–H and O–H groups in total. The number of carboxylic acid groups (broad SMARTS) is 1. The molecule has 0 amide bonds.